The summed E-state index contributed by atoms with van der Waals surface area (Å²) < 4.78 is 5.52. The minimum atomic E-state index is -0.979. The molecule has 0 saturated carbocycles. The van der Waals surface area contributed by atoms with Gasteiger partial charge in [0.2, 0.25) is 0 Å². The number of hydrogen-bond donors (Lipinski definition) is 2. The number of ether oxygens (including phenoxy) is 1. The van der Waals surface area contributed by atoms with E-state index in [4.69, 9.17) is 9.84 Å². The van der Waals surface area contributed by atoms with Crippen LogP contribution in [0.4, 0.5) is 5.13 Å². The fourth-order valence-electron chi connectivity index (χ4n) is 1.89. The van der Waals surface area contributed by atoms with Crippen LogP contribution in [-0.2, 0) is 4.74 Å². The number of aromatic nitrogens is 1. The quantitative estimate of drug-likeness (QED) is 0.866. The molecule has 1 aliphatic heterocycles. The molecule has 1 aliphatic rings. The van der Waals surface area contributed by atoms with E-state index in [0.717, 1.165) is 17.9 Å². The molecule has 1 fully saturated rings. The molecule has 5 nitrogen and oxygen atoms in total. The topological polar surface area (TPSA) is 71.5 Å². The monoisotopic (exact) mass is 256 g/mol. The summed E-state index contributed by atoms with van der Waals surface area (Å²) in [4.78, 5) is 15.7. The van der Waals surface area contributed by atoms with Gasteiger partial charge in [-0.2, -0.15) is 0 Å². The molecule has 17 heavy (non-hydrogen) atoms. The Bertz CT molecular complexity index is 446. The number of rotatable bonds is 3. The molecule has 6 heteroatoms. The molecule has 2 N–H and O–H groups in total. The van der Waals surface area contributed by atoms with Crippen molar-refractivity contribution in [2.45, 2.75) is 38.8 Å². The number of anilines is 1. The lowest BCUT2D eigenvalue weighted by atomic mass is 9.95. The molecule has 2 rings (SSSR count). The van der Waals surface area contributed by atoms with E-state index < -0.39 is 5.97 Å². The van der Waals surface area contributed by atoms with Crippen molar-refractivity contribution in [3.63, 3.8) is 0 Å². The van der Waals surface area contributed by atoms with Crippen molar-refractivity contribution in [3.05, 3.63) is 10.6 Å². The maximum absolute atomic E-state index is 10.9. The first-order valence-corrected chi connectivity index (χ1v) is 6.34. The van der Waals surface area contributed by atoms with E-state index in [1.165, 1.54) is 11.3 Å². The van der Waals surface area contributed by atoms with Crippen LogP contribution in [0.25, 0.3) is 0 Å². The Kier molecular flexibility index (Phi) is 3.09. The van der Waals surface area contributed by atoms with Crippen molar-refractivity contribution in [2.75, 3.05) is 11.9 Å². The average Bonchev–Trinajstić information content (AvgIpc) is 2.72. The second kappa shape index (κ2) is 4.27. The molecule has 94 valence electrons. The Labute approximate surface area is 104 Å². The maximum Gasteiger partial charge on any atom is 0.355 e. The molecule has 1 aromatic heterocycles. The predicted octanol–water partition coefficient (Wildman–Crippen LogP) is 2.13. The number of carboxylic acid groups (broad SMARTS) is 1. The zero-order chi connectivity index (χ0) is 12.6. The lowest BCUT2D eigenvalue weighted by molar-refractivity contribution is 0.0690. The average molecular weight is 256 g/mol. The number of carboxylic acids is 1. The Hall–Kier alpha value is -1.14. The number of carbonyl (C=O) groups is 1. The highest BCUT2D eigenvalue weighted by atomic mass is 32.1. The third-order valence-corrected chi connectivity index (χ3v) is 4.16. The minimum absolute atomic E-state index is 0.0972. The summed E-state index contributed by atoms with van der Waals surface area (Å²) in [5, 5.41) is 12.9. The van der Waals surface area contributed by atoms with Gasteiger partial charge in [0.15, 0.2) is 10.8 Å². The number of aryl methyl sites for hydroxylation is 1. The van der Waals surface area contributed by atoms with Gasteiger partial charge in [-0.05, 0) is 27.2 Å². The third-order valence-electron chi connectivity index (χ3n) is 3.28. The fourth-order valence-corrected chi connectivity index (χ4v) is 2.83. The molecule has 0 spiro atoms. The van der Waals surface area contributed by atoms with Gasteiger partial charge in [0, 0.05) is 11.5 Å². The van der Waals surface area contributed by atoms with Crippen LogP contribution in [-0.4, -0.2) is 34.3 Å². The van der Waals surface area contributed by atoms with Crippen LogP contribution < -0.4 is 5.32 Å². The number of hydrogen-bond acceptors (Lipinski definition) is 5. The van der Waals surface area contributed by atoms with Crippen molar-refractivity contribution in [1.29, 1.82) is 0 Å². The van der Waals surface area contributed by atoms with Crippen molar-refractivity contribution in [1.82, 2.24) is 4.98 Å². The molecular formula is C11H16N2O3S. The third kappa shape index (κ3) is 2.28. The van der Waals surface area contributed by atoms with E-state index >= 15 is 0 Å². The fraction of sp³-hybridized carbons (Fsp3) is 0.636. The molecule has 0 radical (unpaired) electrons. The first kappa shape index (κ1) is 12.3. The van der Waals surface area contributed by atoms with Crippen LogP contribution in [0.2, 0.25) is 0 Å². The van der Waals surface area contributed by atoms with Crippen molar-refractivity contribution >= 4 is 22.4 Å². The summed E-state index contributed by atoms with van der Waals surface area (Å²) in [7, 11) is 0. The highest BCUT2D eigenvalue weighted by molar-refractivity contribution is 7.15. The zero-order valence-electron chi connectivity index (χ0n) is 10.1. The van der Waals surface area contributed by atoms with E-state index in [0.29, 0.717) is 5.13 Å². The number of aromatic carboxylic acids is 1. The standard InChI is InChI=1S/C11H16N2O3S/c1-6-8(9(14)15)12-10(17-6)13-11(3)4-5-16-7(11)2/h7H,4-5H2,1-3H3,(H,12,13)(H,14,15). The second-order valence-corrected chi connectivity index (χ2v) is 5.74. The molecule has 0 aromatic carbocycles. The highest BCUT2D eigenvalue weighted by Gasteiger charge is 2.37. The highest BCUT2D eigenvalue weighted by Crippen LogP contribution is 2.32. The van der Waals surface area contributed by atoms with Crippen LogP contribution in [0, 0.1) is 6.92 Å². The number of thiazole rings is 1. The summed E-state index contributed by atoms with van der Waals surface area (Å²) in [5.41, 5.74) is -0.0345. The van der Waals surface area contributed by atoms with Crippen LogP contribution in [0.3, 0.4) is 0 Å². The van der Waals surface area contributed by atoms with Gasteiger partial charge in [0.25, 0.3) is 0 Å². The van der Waals surface area contributed by atoms with Gasteiger partial charge in [-0.25, -0.2) is 9.78 Å². The van der Waals surface area contributed by atoms with Crippen molar-refractivity contribution < 1.29 is 14.6 Å². The lowest BCUT2D eigenvalue weighted by Crippen LogP contribution is -2.41. The normalized spacial score (nSPS) is 28.3. The smallest absolute Gasteiger partial charge is 0.355 e. The largest absolute Gasteiger partial charge is 0.476 e. The van der Waals surface area contributed by atoms with Crippen LogP contribution >= 0.6 is 11.3 Å². The first-order chi connectivity index (χ1) is 7.92. The molecule has 2 heterocycles. The number of nitrogens with one attached hydrogen (secondary N) is 1. The van der Waals surface area contributed by atoms with Gasteiger partial charge in [-0.15, -0.1) is 11.3 Å². The molecule has 2 unspecified atom stereocenters. The predicted molar refractivity (Wildman–Crippen MR) is 65.9 cm³/mol. The van der Waals surface area contributed by atoms with Gasteiger partial charge in [0.05, 0.1) is 11.6 Å². The molecule has 1 aromatic rings. The van der Waals surface area contributed by atoms with Crippen LogP contribution in [0.5, 0.6) is 0 Å². The summed E-state index contributed by atoms with van der Waals surface area (Å²) in [5.74, 6) is -0.979. The molecule has 1 saturated heterocycles. The first-order valence-electron chi connectivity index (χ1n) is 5.53. The zero-order valence-corrected chi connectivity index (χ0v) is 10.9. The van der Waals surface area contributed by atoms with Gasteiger partial charge in [-0.1, -0.05) is 0 Å². The summed E-state index contributed by atoms with van der Waals surface area (Å²) in [6, 6.07) is 0. The molecule has 0 amide bonds. The van der Waals surface area contributed by atoms with Crippen LogP contribution in [0.1, 0.15) is 35.6 Å². The summed E-state index contributed by atoms with van der Waals surface area (Å²) in [6.45, 7) is 6.57. The Morgan fingerprint density at radius 3 is 2.88 bits per heavy atom. The molecule has 0 aliphatic carbocycles. The minimum Gasteiger partial charge on any atom is -0.476 e. The van der Waals surface area contributed by atoms with Crippen molar-refractivity contribution in [2.24, 2.45) is 0 Å². The molecule has 2 atom stereocenters. The second-order valence-electron chi connectivity index (χ2n) is 4.53. The van der Waals surface area contributed by atoms with Crippen molar-refractivity contribution in [3.8, 4) is 0 Å². The van der Waals surface area contributed by atoms with Gasteiger partial charge in [-0.3, -0.25) is 0 Å². The molecule has 0 bridgehead atoms. The van der Waals surface area contributed by atoms with Gasteiger partial charge in [0.1, 0.15) is 0 Å². The Balaban J connectivity index is 2.19. The van der Waals surface area contributed by atoms with Crippen LogP contribution in [0.15, 0.2) is 0 Å². The van der Waals surface area contributed by atoms with E-state index in [-0.39, 0.29) is 17.3 Å². The van der Waals surface area contributed by atoms with E-state index in [9.17, 15) is 4.79 Å². The SMILES string of the molecule is Cc1sc(NC2(C)CCOC2C)nc1C(=O)O. The summed E-state index contributed by atoms with van der Waals surface area (Å²) in [6.07, 6.45) is 0.995. The van der Waals surface area contributed by atoms with Gasteiger partial charge < -0.3 is 15.2 Å². The Morgan fingerprint density at radius 1 is 1.71 bits per heavy atom. The van der Waals surface area contributed by atoms with Gasteiger partial charge >= 0.3 is 5.97 Å². The summed E-state index contributed by atoms with van der Waals surface area (Å²) >= 11 is 1.37. The van der Waals surface area contributed by atoms with E-state index in [1.54, 1.807) is 6.92 Å². The molecular weight excluding hydrogens is 240 g/mol. The number of nitrogens with zero attached hydrogens (tertiary/aromatic N) is 1. The maximum atomic E-state index is 10.9. The lowest BCUT2D eigenvalue weighted by Gasteiger charge is -2.28. The van der Waals surface area contributed by atoms with E-state index in [2.05, 4.69) is 17.2 Å². The Morgan fingerprint density at radius 2 is 2.41 bits per heavy atom. The van der Waals surface area contributed by atoms with E-state index in [1.807, 2.05) is 6.92 Å².